The van der Waals surface area contributed by atoms with Gasteiger partial charge < -0.3 is 19.6 Å². The molecule has 0 N–H and O–H groups in total. The average Bonchev–Trinajstić information content (AvgIpc) is 3.09. The first-order chi connectivity index (χ1) is 15.1. The molecule has 1 atom stereocenters. The van der Waals surface area contributed by atoms with Crippen LogP contribution in [0.4, 0.5) is 11.4 Å². The standard InChI is InChI=1S/C25H30N4O2/c1-26-22-18-19(11-12-21(22)25(31)29-13-7-3-6-10-23(26)29)24(30)28-16-14-27(15-17-28)20-8-4-2-5-9-20/h2,4-5,8-9,11-12,18,23H,3,6-7,10,13-17H2,1H3. The Kier molecular flexibility index (Phi) is 5.30. The summed E-state index contributed by atoms with van der Waals surface area (Å²) in [6, 6.07) is 16.0. The molecule has 3 aliphatic heterocycles. The third-order valence-electron chi connectivity index (χ3n) is 6.97. The van der Waals surface area contributed by atoms with Crippen molar-refractivity contribution >= 4 is 23.2 Å². The summed E-state index contributed by atoms with van der Waals surface area (Å²) in [7, 11) is 2.06. The molecule has 0 radical (unpaired) electrons. The molecule has 6 heteroatoms. The molecular formula is C25H30N4O2. The van der Waals surface area contributed by atoms with Crippen LogP contribution in [-0.4, -0.2) is 67.6 Å². The molecular weight excluding hydrogens is 388 g/mol. The number of fused-ring (bicyclic) bond motifs is 2. The molecule has 0 aromatic heterocycles. The maximum absolute atomic E-state index is 13.2. The van der Waals surface area contributed by atoms with Gasteiger partial charge in [-0.25, -0.2) is 0 Å². The third kappa shape index (κ3) is 3.64. The first-order valence-electron chi connectivity index (χ1n) is 11.4. The van der Waals surface area contributed by atoms with E-state index in [-0.39, 0.29) is 18.0 Å². The molecule has 2 fully saturated rings. The highest BCUT2D eigenvalue weighted by atomic mass is 16.2. The zero-order chi connectivity index (χ0) is 21.4. The van der Waals surface area contributed by atoms with Gasteiger partial charge in [-0.1, -0.05) is 24.6 Å². The molecule has 162 valence electrons. The van der Waals surface area contributed by atoms with Gasteiger partial charge in [-0.3, -0.25) is 9.59 Å². The summed E-state index contributed by atoms with van der Waals surface area (Å²) in [4.78, 5) is 34.8. The number of rotatable bonds is 2. The molecule has 2 amide bonds. The fourth-order valence-electron chi connectivity index (χ4n) is 5.17. The lowest BCUT2D eigenvalue weighted by Gasteiger charge is -2.43. The van der Waals surface area contributed by atoms with Crippen LogP contribution in [-0.2, 0) is 0 Å². The molecule has 3 heterocycles. The second kappa shape index (κ2) is 8.25. The first-order valence-corrected chi connectivity index (χ1v) is 11.4. The minimum absolute atomic E-state index is 0.0552. The Morgan fingerprint density at radius 2 is 1.68 bits per heavy atom. The predicted molar refractivity (Wildman–Crippen MR) is 123 cm³/mol. The number of hydrogen-bond donors (Lipinski definition) is 0. The Bertz CT molecular complexity index is 969. The van der Waals surface area contributed by atoms with E-state index in [0.29, 0.717) is 24.2 Å². The lowest BCUT2D eigenvalue weighted by molar-refractivity contribution is 0.0659. The molecule has 1 unspecified atom stereocenters. The molecule has 6 nitrogen and oxygen atoms in total. The largest absolute Gasteiger partial charge is 0.368 e. The summed E-state index contributed by atoms with van der Waals surface area (Å²) >= 11 is 0. The van der Waals surface area contributed by atoms with Gasteiger partial charge in [0, 0.05) is 51.0 Å². The van der Waals surface area contributed by atoms with Gasteiger partial charge in [-0.15, -0.1) is 0 Å². The van der Waals surface area contributed by atoms with E-state index in [1.165, 1.54) is 12.1 Å². The lowest BCUT2D eigenvalue weighted by atomic mass is 10.0. The van der Waals surface area contributed by atoms with Gasteiger partial charge in [0.2, 0.25) is 0 Å². The van der Waals surface area contributed by atoms with Crippen molar-refractivity contribution in [3.05, 3.63) is 59.7 Å². The fourth-order valence-corrected chi connectivity index (χ4v) is 5.17. The van der Waals surface area contributed by atoms with E-state index in [9.17, 15) is 9.59 Å². The van der Waals surface area contributed by atoms with Crippen molar-refractivity contribution in [3.63, 3.8) is 0 Å². The number of carbonyl (C=O) groups is 2. The SMILES string of the molecule is CN1c2cc(C(=O)N3CCN(c4ccccc4)CC3)ccc2C(=O)N2CCCCCC21. The van der Waals surface area contributed by atoms with Crippen molar-refractivity contribution in [3.8, 4) is 0 Å². The molecule has 0 aliphatic carbocycles. The number of nitrogens with zero attached hydrogens (tertiary/aromatic N) is 4. The van der Waals surface area contributed by atoms with Crippen molar-refractivity contribution < 1.29 is 9.59 Å². The highest BCUT2D eigenvalue weighted by Gasteiger charge is 2.36. The third-order valence-corrected chi connectivity index (χ3v) is 6.97. The van der Waals surface area contributed by atoms with Crippen LogP contribution in [0.5, 0.6) is 0 Å². The highest BCUT2D eigenvalue weighted by Crippen LogP contribution is 2.34. The predicted octanol–water partition coefficient (Wildman–Crippen LogP) is 3.44. The zero-order valence-electron chi connectivity index (χ0n) is 18.2. The number of para-hydroxylation sites is 1. The molecule has 2 aromatic carbocycles. The van der Waals surface area contributed by atoms with E-state index < -0.39 is 0 Å². The lowest BCUT2D eigenvalue weighted by Crippen LogP contribution is -2.53. The summed E-state index contributed by atoms with van der Waals surface area (Å²) in [6.07, 6.45) is 4.46. The smallest absolute Gasteiger partial charge is 0.257 e. The molecule has 2 aromatic rings. The van der Waals surface area contributed by atoms with Crippen LogP contribution in [0.15, 0.2) is 48.5 Å². The number of amides is 2. The van der Waals surface area contributed by atoms with Gasteiger partial charge >= 0.3 is 0 Å². The monoisotopic (exact) mass is 418 g/mol. The van der Waals surface area contributed by atoms with E-state index in [1.54, 1.807) is 0 Å². The van der Waals surface area contributed by atoms with Crippen LogP contribution in [0.1, 0.15) is 46.4 Å². The highest BCUT2D eigenvalue weighted by molar-refractivity contribution is 6.04. The average molecular weight is 419 g/mol. The molecule has 0 spiro atoms. The van der Waals surface area contributed by atoms with Crippen molar-refractivity contribution in [2.24, 2.45) is 0 Å². The van der Waals surface area contributed by atoms with Crippen LogP contribution in [0.3, 0.4) is 0 Å². The van der Waals surface area contributed by atoms with Crippen LogP contribution >= 0.6 is 0 Å². The topological polar surface area (TPSA) is 47.1 Å². The molecule has 0 bridgehead atoms. The number of carbonyl (C=O) groups excluding carboxylic acids is 2. The fraction of sp³-hybridized carbons (Fsp3) is 0.440. The summed E-state index contributed by atoms with van der Waals surface area (Å²) in [5.74, 6) is 0.162. The van der Waals surface area contributed by atoms with Crippen LogP contribution in [0, 0.1) is 0 Å². The summed E-state index contributed by atoms with van der Waals surface area (Å²) in [5.41, 5.74) is 3.48. The Balaban J connectivity index is 1.33. The molecule has 31 heavy (non-hydrogen) atoms. The number of piperazine rings is 1. The maximum Gasteiger partial charge on any atom is 0.257 e. The normalized spacial score (nSPS) is 21.5. The van der Waals surface area contributed by atoms with E-state index in [2.05, 4.69) is 29.0 Å². The van der Waals surface area contributed by atoms with Crippen LogP contribution in [0.2, 0.25) is 0 Å². The Hall–Kier alpha value is -3.02. The molecule has 3 aliphatic rings. The van der Waals surface area contributed by atoms with Gasteiger partial charge in [-0.2, -0.15) is 0 Å². The van der Waals surface area contributed by atoms with Crippen molar-refractivity contribution in [1.29, 1.82) is 0 Å². The Morgan fingerprint density at radius 3 is 2.45 bits per heavy atom. The van der Waals surface area contributed by atoms with Crippen LogP contribution in [0.25, 0.3) is 0 Å². The Labute approximate surface area is 184 Å². The molecule has 2 saturated heterocycles. The van der Waals surface area contributed by atoms with Crippen LogP contribution < -0.4 is 9.80 Å². The van der Waals surface area contributed by atoms with Gasteiger partial charge in [0.05, 0.1) is 11.3 Å². The summed E-state index contributed by atoms with van der Waals surface area (Å²) in [5, 5.41) is 0. The van der Waals surface area contributed by atoms with Crippen molar-refractivity contribution in [1.82, 2.24) is 9.80 Å². The number of benzene rings is 2. The summed E-state index contributed by atoms with van der Waals surface area (Å²) in [6.45, 7) is 3.89. The van der Waals surface area contributed by atoms with E-state index in [1.807, 2.05) is 46.2 Å². The van der Waals surface area contributed by atoms with E-state index in [4.69, 9.17) is 0 Å². The summed E-state index contributed by atoms with van der Waals surface area (Å²) < 4.78 is 0. The van der Waals surface area contributed by atoms with Crippen molar-refractivity contribution in [2.75, 3.05) is 49.6 Å². The number of hydrogen-bond acceptors (Lipinski definition) is 4. The minimum atomic E-state index is 0.0552. The van der Waals surface area contributed by atoms with Crippen molar-refractivity contribution in [2.45, 2.75) is 31.8 Å². The van der Waals surface area contributed by atoms with E-state index >= 15 is 0 Å². The van der Waals surface area contributed by atoms with Gasteiger partial charge in [0.25, 0.3) is 11.8 Å². The van der Waals surface area contributed by atoms with Gasteiger partial charge in [-0.05, 0) is 49.6 Å². The van der Waals surface area contributed by atoms with Gasteiger partial charge in [0.1, 0.15) is 6.17 Å². The maximum atomic E-state index is 13.2. The molecule has 0 saturated carbocycles. The minimum Gasteiger partial charge on any atom is -0.368 e. The Morgan fingerprint density at radius 1 is 0.903 bits per heavy atom. The second-order valence-electron chi connectivity index (χ2n) is 8.79. The number of anilines is 2. The zero-order valence-corrected chi connectivity index (χ0v) is 18.2. The molecule has 5 rings (SSSR count). The second-order valence-corrected chi connectivity index (χ2v) is 8.79. The van der Waals surface area contributed by atoms with E-state index in [0.717, 1.165) is 44.6 Å². The quantitative estimate of drug-likeness (QED) is 0.750. The van der Waals surface area contributed by atoms with Gasteiger partial charge in [0.15, 0.2) is 0 Å². The first kappa shape index (κ1) is 19.9.